The number of nitrogens with one attached hydrogen (secondary N) is 1. The van der Waals surface area contributed by atoms with E-state index in [0.29, 0.717) is 18.4 Å². The number of hydrogen-bond acceptors (Lipinski definition) is 3. The van der Waals surface area contributed by atoms with Gasteiger partial charge in [-0.1, -0.05) is 27.7 Å². The lowest BCUT2D eigenvalue weighted by Crippen LogP contribution is -2.43. The molecule has 0 fully saturated rings. The van der Waals surface area contributed by atoms with E-state index in [-0.39, 0.29) is 6.04 Å². The summed E-state index contributed by atoms with van der Waals surface area (Å²) < 4.78 is 0. The molecule has 3 heteroatoms. The Morgan fingerprint density at radius 3 is 2.07 bits per heavy atom. The van der Waals surface area contributed by atoms with Crippen molar-refractivity contribution in [1.82, 2.24) is 5.32 Å². The van der Waals surface area contributed by atoms with Gasteiger partial charge < -0.3 is 16.2 Å². The normalized spacial score (nSPS) is 16.3. The van der Waals surface area contributed by atoms with E-state index in [1.165, 1.54) is 0 Å². The number of hydrogen-bond donors (Lipinski definition) is 3. The van der Waals surface area contributed by atoms with Gasteiger partial charge in [0.1, 0.15) is 0 Å². The van der Waals surface area contributed by atoms with E-state index in [4.69, 9.17) is 5.73 Å². The molecule has 0 saturated carbocycles. The summed E-state index contributed by atoms with van der Waals surface area (Å²) in [4.78, 5) is 0. The summed E-state index contributed by atoms with van der Waals surface area (Å²) >= 11 is 0. The second-order valence-corrected chi connectivity index (χ2v) is 4.91. The Hall–Kier alpha value is -0.120. The Balaban J connectivity index is 3.56. The number of aliphatic hydroxyl groups is 1. The van der Waals surface area contributed by atoms with Crippen molar-refractivity contribution in [2.45, 2.75) is 46.3 Å². The van der Waals surface area contributed by atoms with Crippen LogP contribution >= 0.6 is 0 Å². The highest BCUT2D eigenvalue weighted by atomic mass is 16.3. The molecule has 0 aliphatic heterocycles. The van der Waals surface area contributed by atoms with E-state index < -0.39 is 6.10 Å². The summed E-state index contributed by atoms with van der Waals surface area (Å²) in [6, 6.07) is -0.102. The van der Waals surface area contributed by atoms with Crippen LogP contribution in [-0.2, 0) is 0 Å². The van der Waals surface area contributed by atoms with Crippen LogP contribution in [0.1, 0.15) is 34.1 Å². The van der Waals surface area contributed by atoms with Gasteiger partial charge in [-0.05, 0) is 24.8 Å². The van der Waals surface area contributed by atoms with Crippen LogP contribution in [0.2, 0.25) is 0 Å². The molecule has 2 atom stereocenters. The molecule has 14 heavy (non-hydrogen) atoms. The predicted octanol–water partition coefficient (Wildman–Crippen LogP) is 0.966. The van der Waals surface area contributed by atoms with Gasteiger partial charge in [-0.25, -0.2) is 0 Å². The molecule has 0 saturated heterocycles. The minimum atomic E-state index is -0.420. The second-order valence-electron chi connectivity index (χ2n) is 4.91. The maximum atomic E-state index is 9.69. The van der Waals surface area contributed by atoms with E-state index in [1.807, 2.05) is 0 Å². The van der Waals surface area contributed by atoms with Crippen LogP contribution in [0.15, 0.2) is 0 Å². The molecular weight excluding hydrogens is 176 g/mol. The second kappa shape index (κ2) is 7.21. The van der Waals surface area contributed by atoms with Crippen molar-refractivity contribution in [3.63, 3.8) is 0 Å². The summed E-state index contributed by atoms with van der Waals surface area (Å²) in [7, 11) is 0. The zero-order chi connectivity index (χ0) is 11.1. The maximum Gasteiger partial charge on any atom is 0.0815 e. The first-order valence-corrected chi connectivity index (χ1v) is 5.57. The summed E-state index contributed by atoms with van der Waals surface area (Å²) in [6.07, 6.45) is 0.459. The topological polar surface area (TPSA) is 58.3 Å². The first-order chi connectivity index (χ1) is 6.43. The highest BCUT2D eigenvalue weighted by molar-refractivity contribution is 4.75. The Labute approximate surface area is 88.1 Å². The number of nitrogens with two attached hydrogens (primary N) is 1. The van der Waals surface area contributed by atoms with Gasteiger partial charge in [-0.2, -0.15) is 0 Å². The van der Waals surface area contributed by atoms with Crippen molar-refractivity contribution < 1.29 is 5.11 Å². The van der Waals surface area contributed by atoms with Gasteiger partial charge in [-0.3, -0.25) is 0 Å². The Kier molecular flexibility index (Phi) is 7.15. The van der Waals surface area contributed by atoms with Crippen molar-refractivity contribution in [3.8, 4) is 0 Å². The van der Waals surface area contributed by atoms with Crippen molar-refractivity contribution in [1.29, 1.82) is 0 Å². The smallest absolute Gasteiger partial charge is 0.0815 e. The van der Waals surface area contributed by atoms with Crippen LogP contribution < -0.4 is 11.1 Å². The van der Waals surface area contributed by atoms with Crippen LogP contribution in [0, 0.1) is 11.8 Å². The maximum absolute atomic E-state index is 9.69. The third-order valence-electron chi connectivity index (χ3n) is 2.14. The average Bonchev–Trinajstić information content (AvgIpc) is 2.01. The van der Waals surface area contributed by atoms with Gasteiger partial charge in [0.05, 0.1) is 6.10 Å². The zero-order valence-corrected chi connectivity index (χ0v) is 9.96. The van der Waals surface area contributed by atoms with Crippen LogP contribution in [0.3, 0.4) is 0 Å². The summed E-state index contributed by atoms with van der Waals surface area (Å²) in [5.41, 5.74) is 5.85. The molecule has 86 valence electrons. The van der Waals surface area contributed by atoms with Crippen LogP contribution in [0.5, 0.6) is 0 Å². The van der Waals surface area contributed by atoms with Gasteiger partial charge in [-0.15, -0.1) is 0 Å². The third-order valence-corrected chi connectivity index (χ3v) is 2.14. The van der Waals surface area contributed by atoms with Gasteiger partial charge in [0, 0.05) is 12.6 Å². The average molecular weight is 202 g/mol. The molecule has 0 heterocycles. The molecule has 0 aromatic rings. The molecule has 0 radical (unpaired) electrons. The van der Waals surface area contributed by atoms with Crippen LogP contribution in [0.4, 0.5) is 0 Å². The van der Waals surface area contributed by atoms with E-state index in [0.717, 1.165) is 13.0 Å². The third kappa shape index (κ3) is 7.30. The van der Waals surface area contributed by atoms with E-state index in [9.17, 15) is 5.11 Å². The SMILES string of the molecule is CC(C)CNC[C@H](O)C(N)CC(C)C. The van der Waals surface area contributed by atoms with Crippen molar-refractivity contribution in [2.75, 3.05) is 13.1 Å². The fraction of sp³-hybridized carbons (Fsp3) is 1.00. The Bertz CT molecular complexity index is 137. The van der Waals surface area contributed by atoms with Gasteiger partial charge in [0.25, 0.3) is 0 Å². The van der Waals surface area contributed by atoms with E-state index in [1.54, 1.807) is 0 Å². The van der Waals surface area contributed by atoms with E-state index in [2.05, 4.69) is 33.0 Å². The summed E-state index contributed by atoms with van der Waals surface area (Å²) in [5, 5.41) is 12.9. The standard InChI is InChI=1S/C11H26N2O/c1-8(2)5-10(12)11(14)7-13-6-9(3)4/h8-11,13-14H,5-7,12H2,1-4H3/t10?,11-/m0/s1. The van der Waals surface area contributed by atoms with Crippen molar-refractivity contribution >= 4 is 0 Å². The predicted molar refractivity (Wildman–Crippen MR) is 61.1 cm³/mol. The summed E-state index contributed by atoms with van der Waals surface area (Å²) in [5.74, 6) is 1.16. The van der Waals surface area contributed by atoms with Crippen molar-refractivity contribution in [3.05, 3.63) is 0 Å². The summed E-state index contributed by atoms with van der Waals surface area (Å²) in [6.45, 7) is 10.1. The van der Waals surface area contributed by atoms with Gasteiger partial charge in [0.15, 0.2) is 0 Å². The minimum Gasteiger partial charge on any atom is -0.390 e. The van der Waals surface area contributed by atoms with Gasteiger partial charge >= 0.3 is 0 Å². The molecule has 0 bridgehead atoms. The van der Waals surface area contributed by atoms with Gasteiger partial charge in [0.2, 0.25) is 0 Å². The highest BCUT2D eigenvalue weighted by Crippen LogP contribution is 2.05. The molecule has 0 rings (SSSR count). The molecule has 0 aromatic heterocycles. The van der Waals surface area contributed by atoms with Crippen LogP contribution in [0.25, 0.3) is 0 Å². The molecule has 0 aliphatic rings. The number of rotatable bonds is 7. The van der Waals surface area contributed by atoms with Crippen molar-refractivity contribution in [2.24, 2.45) is 17.6 Å². The molecule has 3 nitrogen and oxygen atoms in total. The first-order valence-electron chi connectivity index (χ1n) is 5.57. The van der Waals surface area contributed by atoms with Crippen LogP contribution in [-0.4, -0.2) is 30.3 Å². The van der Waals surface area contributed by atoms with E-state index >= 15 is 0 Å². The molecule has 0 aromatic carbocycles. The Morgan fingerprint density at radius 2 is 1.64 bits per heavy atom. The zero-order valence-electron chi connectivity index (χ0n) is 9.96. The molecule has 0 aliphatic carbocycles. The quantitative estimate of drug-likeness (QED) is 0.576. The first kappa shape index (κ1) is 13.9. The largest absolute Gasteiger partial charge is 0.390 e. The lowest BCUT2D eigenvalue weighted by Gasteiger charge is -2.21. The Morgan fingerprint density at radius 1 is 1.07 bits per heavy atom. The molecule has 4 N–H and O–H groups in total. The highest BCUT2D eigenvalue weighted by Gasteiger charge is 2.15. The molecule has 0 spiro atoms. The lowest BCUT2D eigenvalue weighted by molar-refractivity contribution is 0.131. The lowest BCUT2D eigenvalue weighted by atomic mass is 10.00. The molecular formula is C11H26N2O. The minimum absolute atomic E-state index is 0.102. The fourth-order valence-corrected chi connectivity index (χ4v) is 1.37. The fourth-order valence-electron chi connectivity index (χ4n) is 1.37. The monoisotopic (exact) mass is 202 g/mol. The molecule has 0 amide bonds. The number of aliphatic hydroxyl groups excluding tert-OH is 1. The molecule has 1 unspecified atom stereocenters.